The lowest BCUT2D eigenvalue weighted by Gasteiger charge is -1.99. The van der Waals surface area contributed by atoms with Gasteiger partial charge in [0.2, 0.25) is 0 Å². The molecular weight excluding hydrogens is 181 g/mol. The van der Waals surface area contributed by atoms with E-state index in [1.807, 2.05) is 6.92 Å². The maximum atomic E-state index is 12.9. The van der Waals surface area contributed by atoms with E-state index in [1.165, 1.54) is 18.7 Å². The van der Waals surface area contributed by atoms with Gasteiger partial charge >= 0.3 is 0 Å². The second-order valence-electron chi connectivity index (χ2n) is 2.99. The molecule has 0 aliphatic carbocycles. The number of nitrogens with zero attached hydrogens (tertiary/aromatic N) is 1. The molecule has 14 heavy (non-hydrogen) atoms. The van der Waals surface area contributed by atoms with Crippen LogP contribution in [0, 0.1) is 5.82 Å². The molecule has 1 aromatic rings. The van der Waals surface area contributed by atoms with E-state index < -0.39 is 0 Å². The van der Waals surface area contributed by atoms with Gasteiger partial charge in [0, 0.05) is 6.20 Å². The van der Waals surface area contributed by atoms with Crippen LogP contribution < -0.4 is 0 Å². The SMILES string of the molecule is CCC.CCc1ncc(CO)cc1F. The molecular formula is C11H18FNO. The molecule has 0 aliphatic rings. The molecule has 1 rings (SSSR count). The smallest absolute Gasteiger partial charge is 0.145 e. The first-order valence-corrected chi connectivity index (χ1v) is 4.93. The van der Waals surface area contributed by atoms with Gasteiger partial charge in [0.25, 0.3) is 0 Å². The van der Waals surface area contributed by atoms with Crippen LogP contribution in [0.15, 0.2) is 12.3 Å². The third-order valence-electron chi connectivity index (χ3n) is 1.49. The van der Waals surface area contributed by atoms with Crippen molar-refractivity contribution in [3.05, 3.63) is 29.3 Å². The lowest BCUT2D eigenvalue weighted by atomic mass is 10.2. The second-order valence-corrected chi connectivity index (χ2v) is 2.99. The Hall–Kier alpha value is -0.960. The van der Waals surface area contributed by atoms with E-state index in [1.54, 1.807) is 0 Å². The van der Waals surface area contributed by atoms with Gasteiger partial charge in [-0.2, -0.15) is 0 Å². The van der Waals surface area contributed by atoms with Gasteiger partial charge in [0.15, 0.2) is 0 Å². The standard InChI is InChI=1S/C8H10FNO.C3H8/c1-2-8-7(9)3-6(5-11)4-10-8;1-3-2/h3-4,11H,2,5H2,1H3;3H2,1-2H3. The quantitative estimate of drug-likeness (QED) is 0.794. The molecule has 0 radical (unpaired) electrons. The topological polar surface area (TPSA) is 33.1 Å². The number of aliphatic hydroxyl groups excluding tert-OH is 1. The molecule has 0 saturated heterocycles. The summed E-state index contributed by atoms with van der Waals surface area (Å²) in [4.78, 5) is 3.83. The molecule has 0 unspecified atom stereocenters. The molecule has 0 aromatic carbocycles. The molecule has 1 heterocycles. The van der Waals surface area contributed by atoms with Gasteiger partial charge in [-0.25, -0.2) is 4.39 Å². The van der Waals surface area contributed by atoms with Crippen molar-refractivity contribution in [2.75, 3.05) is 0 Å². The highest BCUT2D eigenvalue weighted by molar-refractivity contribution is 5.15. The molecule has 80 valence electrons. The van der Waals surface area contributed by atoms with Gasteiger partial charge in [-0.15, -0.1) is 0 Å². The van der Waals surface area contributed by atoms with Crippen LogP contribution in [0.3, 0.4) is 0 Å². The third kappa shape index (κ3) is 4.33. The number of hydrogen-bond donors (Lipinski definition) is 1. The predicted octanol–water partition coefficient (Wildman–Crippen LogP) is 2.69. The lowest BCUT2D eigenvalue weighted by Crippen LogP contribution is -1.95. The first kappa shape index (κ1) is 13.0. The van der Waals surface area contributed by atoms with Crippen molar-refractivity contribution in [3.63, 3.8) is 0 Å². The Labute approximate surface area is 84.8 Å². The predicted molar refractivity (Wildman–Crippen MR) is 55.5 cm³/mol. The maximum Gasteiger partial charge on any atom is 0.145 e. The molecule has 0 aliphatic heterocycles. The van der Waals surface area contributed by atoms with Crippen molar-refractivity contribution in [1.29, 1.82) is 0 Å². The van der Waals surface area contributed by atoms with Crippen LogP contribution in [0.25, 0.3) is 0 Å². The van der Waals surface area contributed by atoms with Crippen LogP contribution >= 0.6 is 0 Å². The Kier molecular flexibility index (Phi) is 6.93. The highest BCUT2D eigenvalue weighted by Gasteiger charge is 2.01. The Morgan fingerprint density at radius 3 is 2.29 bits per heavy atom. The normalized spacial score (nSPS) is 9.21. The van der Waals surface area contributed by atoms with Crippen LogP contribution in [0.2, 0.25) is 0 Å². The van der Waals surface area contributed by atoms with Crippen molar-refractivity contribution in [3.8, 4) is 0 Å². The number of aromatic nitrogens is 1. The van der Waals surface area contributed by atoms with E-state index in [9.17, 15) is 4.39 Å². The summed E-state index contributed by atoms with van der Waals surface area (Å²) in [6.45, 7) is 5.93. The maximum absolute atomic E-state index is 12.9. The molecule has 0 bridgehead atoms. The van der Waals surface area contributed by atoms with Crippen molar-refractivity contribution >= 4 is 0 Å². The molecule has 0 fully saturated rings. The zero-order valence-electron chi connectivity index (χ0n) is 9.05. The van der Waals surface area contributed by atoms with Crippen LogP contribution in [0.1, 0.15) is 38.4 Å². The van der Waals surface area contributed by atoms with Gasteiger partial charge in [-0.1, -0.05) is 27.2 Å². The first-order chi connectivity index (χ1) is 6.69. The summed E-state index contributed by atoms with van der Waals surface area (Å²) in [5.41, 5.74) is 0.960. The van der Waals surface area contributed by atoms with Gasteiger partial charge in [0.1, 0.15) is 5.82 Å². The van der Waals surface area contributed by atoms with E-state index in [2.05, 4.69) is 18.8 Å². The average Bonchev–Trinajstić information content (AvgIpc) is 2.19. The van der Waals surface area contributed by atoms with Crippen molar-refractivity contribution in [2.45, 2.75) is 40.2 Å². The van der Waals surface area contributed by atoms with E-state index in [0.717, 1.165) is 0 Å². The van der Waals surface area contributed by atoms with Gasteiger partial charge in [-0.05, 0) is 18.1 Å². The van der Waals surface area contributed by atoms with E-state index in [4.69, 9.17) is 5.11 Å². The Balaban J connectivity index is 0.000000500. The number of aryl methyl sites for hydroxylation is 1. The van der Waals surface area contributed by atoms with E-state index in [0.29, 0.717) is 17.7 Å². The average molecular weight is 199 g/mol. The fraction of sp³-hybridized carbons (Fsp3) is 0.545. The lowest BCUT2D eigenvalue weighted by molar-refractivity contribution is 0.280. The van der Waals surface area contributed by atoms with Gasteiger partial charge in [-0.3, -0.25) is 4.98 Å². The monoisotopic (exact) mass is 199 g/mol. The Morgan fingerprint density at radius 2 is 1.93 bits per heavy atom. The molecule has 1 aromatic heterocycles. The Bertz CT molecular complexity index is 263. The minimum Gasteiger partial charge on any atom is -0.392 e. The molecule has 2 nitrogen and oxygen atoms in total. The van der Waals surface area contributed by atoms with Crippen molar-refractivity contribution in [2.24, 2.45) is 0 Å². The van der Waals surface area contributed by atoms with Crippen molar-refractivity contribution < 1.29 is 9.50 Å². The molecule has 3 heteroatoms. The van der Waals surface area contributed by atoms with Gasteiger partial charge < -0.3 is 5.11 Å². The number of halogens is 1. The molecule has 0 spiro atoms. The van der Waals surface area contributed by atoms with Crippen LogP contribution in [-0.2, 0) is 13.0 Å². The number of aliphatic hydroxyl groups is 1. The van der Waals surface area contributed by atoms with E-state index in [-0.39, 0.29) is 12.4 Å². The minimum absolute atomic E-state index is 0.159. The summed E-state index contributed by atoms with van der Waals surface area (Å²) in [7, 11) is 0. The molecule has 0 amide bonds. The third-order valence-corrected chi connectivity index (χ3v) is 1.49. The summed E-state index contributed by atoms with van der Waals surface area (Å²) in [5, 5.41) is 8.62. The summed E-state index contributed by atoms with van der Waals surface area (Å²) in [5.74, 6) is -0.334. The van der Waals surface area contributed by atoms with E-state index >= 15 is 0 Å². The summed E-state index contributed by atoms with van der Waals surface area (Å²) >= 11 is 0. The summed E-state index contributed by atoms with van der Waals surface area (Å²) < 4.78 is 12.9. The summed E-state index contributed by atoms with van der Waals surface area (Å²) in [6, 6.07) is 1.31. The van der Waals surface area contributed by atoms with Crippen LogP contribution in [-0.4, -0.2) is 10.1 Å². The highest BCUT2D eigenvalue weighted by atomic mass is 19.1. The zero-order valence-corrected chi connectivity index (χ0v) is 9.05. The Morgan fingerprint density at radius 1 is 1.36 bits per heavy atom. The number of rotatable bonds is 2. The van der Waals surface area contributed by atoms with Crippen LogP contribution in [0.4, 0.5) is 4.39 Å². The largest absolute Gasteiger partial charge is 0.392 e. The minimum atomic E-state index is -0.334. The fourth-order valence-corrected chi connectivity index (χ4v) is 0.852. The van der Waals surface area contributed by atoms with Crippen molar-refractivity contribution in [1.82, 2.24) is 4.98 Å². The molecule has 1 N–H and O–H groups in total. The highest BCUT2D eigenvalue weighted by Crippen LogP contribution is 2.06. The number of pyridine rings is 1. The molecule has 0 atom stereocenters. The zero-order chi connectivity index (χ0) is 11.0. The first-order valence-electron chi connectivity index (χ1n) is 4.93. The molecule has 0 saturated carbocycles. The second kappa shape index (κ2) is 7.44. The summed E-state index contributed by atoms with van der Waals surface area (Å²) in [6.07, 6.45) is 3.32. The van der Waals surface area contributed by atoms with Gasteiger partial charge in [0.05, 0.1) is 12.3 Å². The number of hydrogen-bond acceptors (Lipinski definition) is 2. The van der Waals surface area contributed by atoms with Crippen LogP contribution in [0.5, 0.6) is 0 Å². The fourth-order valence-electron chi connectivity index (χ4n) is 0.852.